The Bertz CT molecular complexity index is 734. The number of methoxy groups -OCH3 is 1. The summed E-state index contributed by atoms with van der Waals surface area (Å²) in [5.41, 5.74) is 2.14. The predicted molar refractivity (Wildman–Crippen MR) is 92.8 cm³/mol. The van der Waals surface area contributed by atoms with Gasteiger partial charge in [0, 0.05) is 24.3 Å². The smallest absolute Gasteiger partial charge is 0.124 e. The van der Waals surface area contributed by atoms with Crippen molar-refractivity contribution in [2.75, 3.05) is 7.11 Å². The maximum absolute atomic E-state index is 6.68. The summed E-state index contributed by atoms with van der Waals surface area (Å²) in [4.78, 5) is 1.16. The minimum Gasteiger partial charge on any atom is -0.496 e. The lowest BCUT2D eigenvalue weighted by atomic mass is 10.1. The van der Waals surface area contributed by atoms with Crippen LogP contribution in [0.5, 0.6) is 5.75 Å². The minimum absolute atomic E-state index is 0.188. The predicted octanol–water partition coefficient (Wildman–Crippen LogP) is 6.37. The van der Waals surface area contributed by atoms with E-state index in [4.69, 9.17) is 16.3 Å². The molecule has 0 saturated carbocycles. The van der Waals surface area contributed by atoms with E-state index in [2.05, 4.69) is 39.5 Å². The molecule has 0 aliphatic carbocycles. The fourth-order valence-corrected chi connectivity index (χ4v) is 4.95. The second-order valence-electron chi connectivity index (χ2n) is 4.50. The average molecular weight is 388 g/mol. The van der Waals surface area contributed by atoms with Gasteiger partial charge in [-0.05, 0) is 42.1 Å². The van der Waals surface area contributed by atoms with Crippen molar-refractivity contribution in [3.05, 3.63) is 50.1 Å². The molecule has 0 aliphatic rings. The third kappa shape index (κ3) is 2.50. The standard InChI is InChI=1S/C15H12BrClOS2/c1-8-5-11(18-2)9(6-10(8)16)15(17)14-7-13-12(20-14)3-4-19-13/h3-7,15H,1-2H3. The van der Waals surface area contributed by atoms with Crippen molar-refractivity contribution < 1.29 is 4.74 Å². The molecule has 0 bridgehead atoms. The highest BCUT2D eigenvalue weighted by atomic mass is 79.9. The molecule has 3 aromatic rings. The number of alkyl halides is 1. The van der Waals surface area contributed by atoms with Gasteiger partial charge in [0.25, 0.3) is 0 Å². The largest absolute Gasteiger partial charge is 0.496 e. The van der Waals surface area contributed by atoms with Gasteiger partial charge in [0.05, 0.1) is 12.5 Å². The summed E-state index contributed by atoms with van der Waals surface area (Å²) in [6.07, 6.45) is 0. The first-order chi connectivity index (χ1) is 9.60. The number of hydrogen-bond donors (Lipinski definition) is 0. The molecule has 0 radical (unpaired) electrons. The minimum atomic E-state index is -0.188. The lowest BCUT2D eigenvalue weighted by molar-refractivity contribution is 0.410. The van der Waals surface area contributed by atoms with Crippen LogP contribution in [-0.4, -0.2) is 7.11 Å². The first-order valence-corrected chi connectivity index (χ1v) is 8.97. The van der Waals surface area contributed by atoms with Crippen LogP contribution in [-0.2, 0) is 0 Å². The van der Waals surface area contributed by atoms with Crippen molar-refractivity contribution in [1.82, 2.24) is 0 Å². The van der Waals surface area contributed by atoms with Crippen LogP contribution in [0, 0.1) is 6.92 Å². The maximum Gasteiger partial charge on any atom is 0.124 e. The van der Waals surface area contributed by atoms with Crippen molar-refractivity contribution in [3.8, 4) is 5.75 Å². The molecule has 0 fully saturated rings. The van der Waals surface area contributed by atoms with Gasteiger partial charge in [0.15, 0.2) is 0 Å². The van der Waals surface area contributed by atoms with E-state index in [1.165, 1.54) is 9.40 Å². The number of hydrogen-bond acceptors (Lipinski definition) is 3. The van der Waals surface area contributed by atoms with Gasteiger partial charge in [-0.2, -0.15) is 0 Å². The number of benzene rings is 1. The number of fused-ring (bicyclic) bond motifs is 1. The molecular weight excluding hydrogens is 376 g/mol. The number of halogens is 2. The Morgan fingerprint density at radius 3 is 2.75 bits per heavy atom. The number of aryl methyl sites for hydroxylation is 1. The van der Waals surface area contributed by atoms with Crippen molar-refractivity contribution in [2.24, 2.45) is 0 Å². The molecule has 5 heteroatoms. The molecule has 2 heterocycles. The van der Waals surface area contributed by atoms with E-state index in [1.807, 2.05) is 13.0 Å². The van der Waals surface area contributed by atoms with Crippen LogP contribution in [0.25, 0.3) is 9.40 Å². The van der Waals surface area contributed by atoms with Crippen LogP contribution in [0.1, 0.15) is 21.4 Å². The van der Waals surface area contributed by atoms with Crippen molar-refractivity contribution in [3.63, 3.8) is 0 Å². The average Bonchev–Trinajstić information content (AvgIpc) is 3.01. The first-order valence-electron chi connectivity index (χ1n) is 6.05. The molecule has 0 saturated heterocycles. The highest BCUT2D eigenvalue weighted by Gasteiger charge is 2.19. The number of thiophene rings is 2. The van der Waals surface area contributed by atoms with Gasteiger partial charge in [0.2, 0.25) is 0 Å². The monoisotopic (exact) mass is 386 g/mol. The van der Waals surface area contributed by atoms with E-state index in [1.54, 1.807) is 29.8 Å². The summed E-state index contributed by atoms with van der Waals surface area (Å²) in [6.45, 7) is 2.04. The third-order valence-corrected chi connectivity index (χ3v) is 6.80. The lowest BCUT2D eigenvalue weighted by Crippen LogP contribution is -1.97. The van der Waals surface area contributed by atoms with Crippen LogP contribution in [0.15, 0.2) is 34.1 Å². The summed E-state index contributed by atoms with van der Waals surface area (Å²) >= 11 is 13.7. The van der Waals surface area contributed by atoms with Crippen molar-refractivity contribution in [2.45, 2.75) is 12.3 Å². The molecular formula is C15H12BrClOS2. The van der Waals surface area contributed by atoms with E-state index < -0.39 is 0 Å². The van der Waals surface area contributed by atoms with E-state index in [9.17, 15) is 0 Å². The van der Waals surface area contributed by atoms with E-state index in [-0.39, 0.29) is 5.38 Å². The third-order valence-electron chi connectivity index (χ3n) is 3.19. The molecule has 1 aromatic carbocycles. The Kier molecular flexibility index (Phi) is 4.09. The summed E-state index contributed by atoms with van der Waals surface area (Å²) in [7, 11) is 1.68. The quantitative estimate of drug-likeness (QED) is 0.474. The van der Waals surface area contributed by atoms with Gasteiger partial charge in [0.1, 0.15) is 5.75 Å². The Hall–Kier alpha value is -0.550. The fourth-order valence-electron chi connectivity index (χ4n) is 2.11. The van der Waals surface area contributed by atoms with Crippen molar-refractivity contribution in [1.29, 1.82) is 0 Å². The normalized spacial score (nSPS) is 12.8. The van der Waals surface area contributed by atoms with Gasteiger partial charge in [-0.15, -0.1) is 34.3 Å². The summed E-state index contributed by atoms with van der Waals surface area (Å²) in [5, 5.41) is 1.92. The fraction of sp³-hybridized carbons (Fsp3) is 0.200. The maximum atomic E-state index is 6.68. The number of ether oxygens (including phenoxy) is 1. The zero-order chi connectivity index (χ0) is 14.3. The molecule has 2 aromatic heterocycles. The number of rotatable bonds is 3. The Balaban J connectivity index is 2.07. The van der Waals surface area contributed by atoms with Crippen LogP contribution in [0.3, 0.4) is 0 Å². The highest BCUT2D eigenvalue weighted by molar-refractivity contribution is 9.10. The van der Waals surface area contributed by atoms with Crippen LogP contribution in [0.4, 0.5) is 0 Å². The molecule has 0 amide bonds. The van der Waals surface area contributed by atoms with Gasteiger partial charge in [-0.1, -0.05) is 15.9 Å². The molecule has 0 N–H and O–H groups in total. The zero-order valence-electron chi connectivity index (χ0n) is 10.9. The molecule has 0 spiro atoms. The molecule has 20 heavy (non-hydrogen) atoms. The highest BCUT2D eigenvalue weighted by Crippen LogP contribution is 2.43. The zero-order valence-corrected chi connectivity index (χ0v) is 14.9. The van der Waals surface area contributed by atoms with Gasteiger partial charge >= 0.3 is 0 Å². The van der Waals surface area contributed by atoms with Crippen LogP contribution in [0.2, 0.25) is 0 Å². The van der Waals surface area contributed by atoms with E-state index >= 15 is 0 Å². The Labute approximate surface area is 139 Å². The lowest BCUT2D eigenvalue weighted by Gasteiger charge is -2.14. The van der Waals surface area contributed by atoms with Gasteiger partial charge in [-0.3, -0.25) is 0 Å². The second kappa shape index (κ2) is 5.68. The molecule has 3 rings (SSSR count). The molecule has 1 atom stereocenters. The Morgan fingerprint density at radius 2 is 2.05 bits per heavy atom. The summed E-state index contributed by atoms with van der Waals surface area (Å²) in [6, 6.07) is 8.39. The van der Waals surface area contributed by atoms with Gasteiger partial charge < -0.3 is 4.74 Å². The van der Waals surface area contributed by atoms with Crippen LogP contribution < -0.4 is 4.74 Å². The summed E-state index contributed by atoms with van der Waals surface area (Å²) < 4.78 is 9.12. The van der Waals surface area contributed by atoms with E-state index in [0.717, 1.165) is 26.2 Å². The van der Waals surface area contributed by atoms with Gasteiger partial charge in [-0.25, -0.2) is 0 Å². The summed E-state index contributed by atoms with van der Waals surface area (Å²) in [5.74, 6) is 0.836. The topological polar surface area (TPSA) is 9.23 Å². The van der Waals surface area contributed by atoms with Crippen molar-refractivity contribution >= 4 is 59.6 Å². The molecule has 1 nitrogen and oxygen atoms in total. The Morgan fingerprint density at radius 1 is 1.25 bits per heavy atom. The van der Waals surface area contributed by atoms with E-state index in [0.29, 0.717) is 0 Å². The first kappa shape index (κ1) is 14.4. The van der Waals surface area contributed by atoms with Crippen LogP contribution >= 0.6 is 50.2 Å². The molecule has 104 valence electrons. The SMILES string of the molecule is COc1cc(C)c(Br)cc1C(Cl)c1cc2sccc2s1. The molecule has 0 aliphatic heterocycles. The molecule has 1 unspecified atom stereocenters. The second-order valence-corrected chi connectivity index (χ2v) is 7.86.